The number of nitrogens with zero attached hydrogens (tertiary/aromatic N) is 1. The lowest BCUT2D eigenvalue weighted by molar-refractivity contribution is -0.128. The van der Waals surface area contributed by atoms with E-state index in [0.717, 1.165) is 16.8 Å². The third-order valence-electron chi connectivity index (χ3n) is 4.92. The Balaban J connectivity index is 1.60. The van der Waals surface area contributed by atoms with E-state index in [1.54, 1.807) is 23.1 Å². The summed E-state index contributed by atoms with van der Waals surface area (Å²) in [6, 6.07) is 12.4. The molecule has 26 heavy (non-hydrogen) atoms. The summed E-state index contributed by atoms with van der Waals surface area (Å²) >= 11 is 0. The summed E-state index contributed by atoms with van der Waals surface area (Å²) in [5.74, 6) is -0.822. The van der Waals surface area contributed by atoms with E-state index in [1.165, 1.54) is 6.07 Å². The molecule has 2 aromatic carbocycles. The number of halogens is 1. The van der Waals surface area contributed by atoms with E-state index < -0.39 is 0 Å². The minimum absolute atomic E-state index is 0.0528. The molecule has 1 fully saturated rings. The van der Waals surface area contributed by atoms with Gasteiger partial charge in [-0.05, 0) is 43.0 Å². The fraction of sp³-hybridized carbons (Fsp3) is 0.333. The van der Waals surface area contributed by atoms with Gasteiger partial charge in [0.15, 0.2) is 0 Å². The molecule has 0 saturated carbocycles. The average Bonchev–Trinajstić information content (AvgIpc) is 2.98. The number of carbonyl (C=O) groups excluding carboxylic acids is 2. The van der Waals surface area contributed by atoms with Crippen LogP contribution in [0.1, 0.15) is 23.1 Å². The Hall–Kier alpha value is -2.69. The molecule has 4 nitrogen and oxygen atoms in total. The van der Waals surface area contributed by atoms with Crippen molar-refractivity contribution >= 4 is 17.5 Å². The van der Waals surface area contributed by atoms with Gasteiger partial charge in [-0.3, -0.25) is 9.59 Å². The van der Waals surface area contributed by atoms with Crippen molar-refractivity contribution in [1.29, 1.82) is 0 Å². The predicted molar refractivity (Wildman–Crippen MR) is 99.3 cm³/mol. The number of nitrogens with one attached hydrogen (secondary N) is 1. The van der Waals surface area contributed by atoms with Crippen molar-refractivity contribution in [2.75, 3.05) is 18.4 Å². The Bertz CT molecular complexity index is 814. The van der Waals surface area contributed by atoms with Gasteiger partial charge in [-0.15, -0.1) is 0 Å². The minimum atomic E-state index is -0.373. The fourth-order valence-electron chi connectivity index (χ4n) is 3.36. The first-order chi connectivity index (χ1) is 12.5. The number of hydrogen-bond donors (Lipinski definition) is 1. The predicted octanol–water partition coefficient (Wildman–Crippen LogP) is 3.47. The number of amides is 2. The van der Waals surface area contributed by atoms with Crippen molar-refractivity contribution in [3.8, 4) is 0 Å². The van der Waals surface area contributed by atoms with Gasteiger partial charge in [0.25, 0.3) is 0 Å². The number of hydrogen-bond acceptors (Lipinski definition) is 2. The Morgan fingerprint density at radius 3 is 2.54 bits per heavy atom. The Morgan fingerprint density at radius 1 is 1.15 bits per heavy atom. The first-order valence-corrected chi connectivity index (χ1v) is 8.84. The molecule has 1 heterocycles. The topological polar surface area (TPSA) is 49.4 Å². The van der Waals surface area contributed by atoms with Crippen molar-refractivity contribution in [2.24, 2.45) is 5.92 Å². The van der Waals surface area contributed by atoms with Crippen molar-refractivity contribution in [2.45, 2.75) is 26.7 Å². The van der Waals surface area contributed by atoms with Crippen LogP contribution in [-0.4, -0.2) is 29.8 Å². The van der Waals surface area contributed by atoms with Gasteiger partial charge < -0.3 is 10.2 Å². The van der Waals surface area contributed by atoms with E-state index in [0.29, 0.717) is 25.1 Å². The van der Waals surface area contributed by atoms with Crippen LogP contribution < -0.4 is 5.32 Å². The molecule has 0 radical (unpaired) electrons. The molecule has 1 N–H and O–H groups in total. The smallest absolute Gasteiger partial charge is 0.229 e. The third kappa shape index (κ3) is 3.93. The summed E-state index contributed by atoms with van der Waals surface area (Å²) in [6.45, 7) is 4.70. The number of para-hydroxylation sites is 1. The molecular formula is C21H23FN2O2. The molecule has 136 valence electrons. The van der Waals surface area contributed by atoms with Crippen LogP contribution in [0.25, 0.3) is 0 Å². The highest BCUT2D eigenvalue weighted by Gasteiger charge is 2.34. The SMILES string of the molecule is Cc1cccc(C)c1NC(=O)C1CC(=O)N(CCc2ccccc2F)C1. The van der Waals surface area contributed by atoms with Crippen LogP contribution in [-0.2, 0) is 16.0 Å². The molecule has 1 unspecified atom stereocenters. The van der Waals surface area contributed by atoms with Crippen LogP contribution >= 0.6 is 0 Å². The van der Waals surface area contributed by atoms with Crippen molar-refractivity contribution in [3.63, 3.8) is 0 Å². The standard InChI is InChI=1S/C21H23FN2O2/c1-14-6-5-7-15(2)20(14)23-21(26)17-12-19(25)24(13-17)11-10-16-8-3-4-9-18(16)22/h3-9,17H,10-13H2,1-2H3,(H,23,26). The zero-order valence-electron chi connectivity index (χ0n) is 15.1. The lowest BCUT2D eigenvalue weighted by Gasteiger charge is -2.17. The monoisotopic (exact) mass is 354 g/mol. The van der Waals surface area contributed by atoms with Crippen molar-refractivity contribution in [1.82, 2.24) is 4.90 Å². The van der Waals surface area contributed by atoms with Crippen LogP contribution in [0.5, 0.6) is 0 Å². The second-order valence-electron chi connectivity index (χ2n) is 6.84. The quantitative estimate of drug-likeness (QED) is 0.894. The van der Waals surface area contributed by atoms with Gasteiger partial charge in [0.1, 0.15) is 5.82 Å². The molecule has 0 aliphatic carbocycles. The molecule has 5 heteroatoms. The number of aryl methyl sites for hydroxylation is 2. The van der Waals surface area contributed by atoms with Crippen LogP contribution in [0.2, 0.25) is 0 Å². The zero-order chi connectivity index (χ0) is 18.7. The highest BCUT2D eigenvalue weighted by molar-refractivity contribution is 5.98. The molecule has 1 aliphatic rings. The van der Waals surface area contributed by atoms with E-state index in [-0.39, 0.29) is 30.0 Å². The number of likely N-dealkylation sites (tertiary alicyclic amines) is 1. The summed E-state index contributed by atoms with van der Waals surface area (Å²) in [4.78, 5) is 26.5. The third-order valence-corrected chi connectivity index (χ3v) is 4.92. The first-order valence-electron chi connectivity index (χ1n) is 8.84. The lowest BCUT2D eigenvalue weighted by atomic mass is 10.1. The Labute approximate surface area is 153 Å². The molecule has 2 aromatic rings. The van der Waals surface area contributed by atoms with Gasteiger partial charge in [0.2, 0.25) is 11.8 Å². The molecule has 3 rings (SSSR count). The second-order valence-corrected chi connectivity index (χ2v) is 6.84. The second kappa shape index (κ2) is 7.68. The van der Waals surface area contributed by atoms with Crippen LogP contribution in [0.3, 0.4) is 0 Å². The number of carbonyl (C=O) groups is 2. The van der Waals surface area contributed by atoms with Crippen LogP contribution in [0, 0.1) is 25.6 Å². The normalized spacial score (nSPS) is 16.8. The van der Waals surface area contributed by atoms with E-state index in [4.69, 9.17) is 0 Å². The van der Waals surface area contributed by atoms with Gasteiger partial charge in [-0.1, -0.05) is 36.4 Å². The molecule has 1 aliphatic heterocycles. The first kappa shape index (κ1) is 18.1. The van der Waals surface area contributed by atoms with Crippen molar-refractivity contribution < 1.29 is 14.0 Å². The number of rotatable bonds is 5. The summed E-state index contributed by atoms with van der Waals surface area (Å²) in [5, 5.41) is 2.97. The van der Waals surface area contributed by atoms with E-state index in [2.05, 4.69) is 5.32 Å². The molecule has 0 spiro atoms. The summed E-state index contributed by atoms with van der Waals surface area (Å²) in [6.07, 6.45) is 0.650. The highest BCUT2D eigenvalue weighted by Crippen LogP contribution is 2.24. The maximum atomic E-state index is 13.7. The number of anilines is 1. The maximum Gasteiger partial charge on any atom is 0.229 e. The lowest BCUT2D eigenvalue weighted by Crippen LogP contribution is -2.30. The fourth-order valence-corrected chi connectivity index (χ4v) is 3.36. The highest BCUT2D eigenvalue weighted by atomic mass is 19.1. The summed E-state index contributed by atoms with van der Waals surface area (Å²) < 4.78 is 13.7. The van der Waals surface area contributed by atoms with E-state index >= 15 is 0 Å². The minimum Gasteiger partial charge on any atom is -0.342 e. The van der Waals surface area contributed by atoms with Gasteiger partial charge in [0.05, 0.1) is 5.92 Å². The molecule has 1 saturated heterocycles. The zero-order valence-corrected chi connectivity index (χ0v) is 15.1. The Kier molecular flexibility index (Phi) is 5.35. The maximum absolute atomic E-state index is 13.7. The molecule has 0 aromatic heterocycles. The van der Waals surface area contributed by atoms with Crippen molar-refractivity contribution in [3.05, 3.63) is 65.0 Å². The average molecular weight is 354 g/mol. The van der Waals surface area contributed by atoms with Crippen LogP contribution in [0.4, 0.5) is 10.1 Å². The largest absolute Gasteiger partial charge is 0.342 e. The summed E-state index contributed by atoms with van der Waals surface area (Å²) in [5.41, 5.74) is 3.40. The molecular weight excluding hydrogens is 331 g/mol. The van der Waals surface area contributed by atoms with Gasteiger partial charge in [-0.25, -0.2) is 4.39 Å². The van der Waals surface area contributed by atoms with Gasteiger partial charge >= 0.3 is 0 Å². The van der Waals surface area contributed by atoms with E-state index in [9.17, 15) is 14.0 Å². The van der Waals surface area contributed by atoms with E-state index in [1.807, 2.05) is 32.0 Å². The molecule has 2 amide bonds. The van der Waals surface area contributed by atoms with Crippen LogP contribution in [0.15, 0.2) is 42.5 Å². The molecule has 1 atom stereocenters. The molecule has 0 bridgehead atoms. The van der Waals surface area contributed by atoms with Gasteiger partial charge in [0, 0.05) is 25.2 Å². The number of benzene rings is 2. The summed E-state index contributed by atoms with van der Waals surface area (Å²) in [7, 11) is 0. The Morgan fingerprint density at radius 2 is 1.85 bits per heavy atom. The van der Waals surface area contributed by atoms with Gasteiger partial charge in [-0.2, -0.15) is 0 Å².